The minimum absolute atomic E-state index is 0.0262. The Kier molecular flexibility index (Phi) is 4.38. The van der Waals surface area contributed by atoms with Gasteiger partial charge >= 0.3 is 0 Å². The molecule has 0 aromatic heterocycles. The van der Waals surface area contributed by atoms with E-state index in [0.717, 1.165) is 31.2 Å². The highest BCUT2D eigenvalue weighted by Gasteiger charge is 2.35. The summed E-state index contributed by atoms with van der Waals surface area (Å²) in [5.41, 5.74) is 7.12. The Morgan fingerprint density at radius 2 is 1.83 bits per heavy atom. The molecule has 0 saturated heterocycles. The van der Waals surface area contributed by atoms with Crippen molar-refractivity contribution in [1.82, 2.24) is 9.80 Å². The van der Waals surface area contributed by atoms with Gasteiger partial charge in [-0.15, -0.1) is 0 Å². The Balaban J connectivity index is 1.77. The number of benzene rings is 1. The molecule has 0 atom stereocenters. The third-order valence-electron chi connectivity index (χ3n) is 4.74. The maximum Gasteiger partial charge on any atom is 0.259 e. The fraction of sp³-hybridized carbons (Fsp3) is 0.389. The van der Waals surface area contributed by atoms with Crippen LogP contribution in [-0.4, -0.2) is 46.7 Å². The maximum atomic E-state index is 12.7. The van der Waals surface area contributed by atoms with E-state index in [-0.39, 0.29) is 30.9 Å². The van der Waals surface area contributed by atoms with E-state index in [9.17, 15) is 14.4 Å². The van der Waals surface area contributed by atoms with Crippen LogP contribution < -0.4 is 5.73 Å². The fourth-order valence-electron chi connectivity index (χ4n) is 3.53. The lowest BCUT2D eigenvalue weighted by Crippen LogP contribution is -2.48. The number of fused-ring (bicyclic) bond motifs is 1. The molecule has 1 saturated carbocycles. The second-order valence-electron chi connectivity index (χ2n) is 6.31. The van der Waals surface area contributed by atoms with Gasteiger partial charge in [0.05, 0.1) is 6.54 Å². The van der Waals surface area contributed by atoms with E-state index in [1.807, 2.05) is 12.1 Å². The first kappa shape index (κ1) is 16.2. The van der Waals surface area contributed by atoms with Crippen LogP contribution in [0.15, 0.2) is 30.8 Å². The number of carbonyl (C=O) groups is 3. The Morgan fingerprint density at radius 3 is 2.42 bits per heavy atom. The van der Waals surface area contributed by atoms with Crippen molar-refractivity contribution in [3.8, 4) is 0 Å². The maximum absolute atomic E-state index is 12.7. The van der Waals surface area contributed by atoms with Crippen LogP contribution in [0.5, 0.6) is 0 Å². The zero-order valence-electron chi connectivity index (χ0n) is 13.5. The fourth-order valence-corrected chi connectivity index (χ4v) is 3.53. The third-order valence-corrected chi connectivity index (χ3v) is 4.74. The predicted octanol–water partition coefficient (Wildman–Crippen LogP) is 1.37. The van der Waals surface area contributed by atoms with E-state index in [0.29, 0.717) is 11.3 Å². The first-order valence-electron chi connectivity index (χ1n) is 8.17. The molecule has 0 bridgehead atoms. The van der Waals surface area contributed by atoms with E-state index in [2.05, 4.69) is 6.58 Å². The second kappa shape index (κ2) is 6.47. The monoisotopic (exact) mass is 327 g/mol. The summed E-state index contributed by atoms with van der Waals surface area (Å²) in [7, 11) is 0. The summed E-state index contributed by atoms with van der Waals surface area (Å²) in [6.07, 6.45) is 3.81. The lowest BCUT2D eigenvalue weighted by molar-refractivity contribution is -0.137. The normalized spacial score (nSPS) is 17.2. The van der Waals surface area contributed by atoms with Crippen LogP contribution in [0.1, 0.15) is 41.6 Å². The van der Waals surface area contributed by atoms with Crippen molar-refractivity contribution in [2.45, 2.75) is 31.7 Å². The van der Waals surface area contributed by atoms with Gasteiger partial charge in [-0.1, -0.05) is 37.6 Å². The Labute approximate surface area is 140 Å². The van der Waals surface area contributed by atoms with Gasteiger partial charge in [0.15, 0.2) is 0 Å². The van der Waals surface area contributed by atoms with Crippen molar-refractivity contribution in [2.75, 3.05) is 13.1 Å². The van der Waals surface area contributed by atoms with Crippen LogP contribution in [0.2, 0.25) is 0 Å². The van der Waals surface area contributed by atoms with Gasteiger partial charge in [0.1, 0.15) is 6.54 Å². The molecule has 6 nitrogen and oxygen atoms in total. The van der Waals surface area contributed by atoms with Crippen molar-refractivity contribution in [3.05, 3.63) is 42.0 Å². The highest BCUT2D eigenvalue weighted by atomic mass is 16.2. The Hall–Kier alpha value is -2.63. The molecule has 1 fully saturated rings. The molecule has 0 unspecified atom stereocenters. The molecule has 2 aliphatic rings. The van der Waals surface area contributed by atoms with Crippen molar-refractivity contribution in [3.63, 3.8) is 0 Å². The summed E-state index contributed by atoms with van der Waals surface area (Å²) in [6, 6.07) is 7.19. The smallest absolute Gasteiger partial charge is 0.259 e. The first-order valence-corrected chi connectivity index (χ1v) is 8.17. The SMILES string of the molecule is C=C1c2ccccc2C(=O)N1CC(=O)N(CC(N)=O)C1CCCC1. The van der Waals surface area contributed by atoms with Gasteiger partial charge in [-0.05, 0) is 18.9 Å². The topological polar surface area (TPSA) is 83.7 Å². The zero-order chi connectivity index (χ0) is 17.3. The minimum Gasteiger partial charge on any atom is -0.368 e. The molecule has 0 spiro atoms. The van der Waals surface area contributed by atoms with Crippen LogP contribution in [0.3, 0.4) is 0 Å². The van der Waals surface area contributed by atoms with Crippen molar-refractivity contribution in [2.24, 2.45) is 5.73 Å². The molecule has 3 amide bonds. The summed E-state index contributed by atoms with van der Waals surface area (Å²) in [5, 5.41) is 0. The third kappa shape index (κ3) is 2.91. The van der Waals surface area contributed by atoms with Crippen LogP contribution >= 0.6 is 0 Å². The van der Waals surface area contributed by atoms with Gasteiger partial charge in [0.2, 0.25) is 11.8 Å². The van der Waals surface area contributed by atoms with Crippen molar-refractivity contribution < 1.29 is 14.4 Å². The van der Waals surface area contributed by atoms with Crippen molar-refractivity contribution >= 4 is 23.4 Å². The average Bonchev–Trinajstić information content (AvgIpc) is 3.16. The lowest BCUT2D eigenvalue weighted by atomic mass is 10.1. The summed E-state index contributed by atoms with van der Waals surface area (Å²) < 4.78 is 0. The highest BCUT2D eigenvalue weighted by molar-refractivity contribution is 6.10. The summed E-state index contributed by atoms with van der Waals surface area (Å²) >= 11 is 0. The average molecular weight is 327 g/mol. The number of nitrogens with two attached hydrogens (primary N) is 1. The molecular formula is C18H21N3O3. The molecule has 1 aromatic rings. The van der Waals surface area contributed by atoms with Gasteiger partial charge in [-0.3, -0.25) is 19.3 Å². The predicted molar refractivity (Wildman–Crippen MR) is 89.7 cm³/mol. The lowest BCUT2D eigenvalue weighted by Gasteiger charge is -2.29. The quantitative estimate of drug-likeness (QED) is 0.886. The molecule has 1 aliphatic heterocycles. The molecule has 0 radical (unpaired) electrons. The van der Waals surface area contributed by atoms with Gasteiger partial charge in [-0.25, -0.2) is 0 Å². The Morgan fingerprint density at radius 1 is 1.21 bits per heavy atom. The van der Waals surface area contributed by atoms with E-state index in [1.165, 1.54) is 9.80 Å². The molecule has 6 heteroatoms. The highest BCUT2D eigenvalue weighted by Crippen LogP contribution is 2.31. The first-order chi connectivity index (χ1) is 11.5. The number of primary amides is 1. The van der Waals surface area contributed by atoms with Gasteiger partial charge < -0.3 is 10.6 Å². The zero-order valence-corrected chi connectivity index (χ0v) is 13.5. The van der Waals surface area contributed by atoms with Gasteiger partial charge in [0, 0.05) is 22.9 Å². The second-order valence-corrected chi connectivity index (χ2v) is 6.31. The number of hydrogen-bond donors (Lipinski definition) is 1. The summed E-state index contributed by atoms with van der Waals surface area (Å²) in [4.78, 5) is 39.5. The number of carbonyl (C=O) groups excluding carboxylic acids is 3. The van der Waals surface area contributed by atoms with E-state index >= 15 is 0 Å². The summed E-state index contributed by atoms with van der Waals surface area (Å²) in [5.74, 6) is -1.03. The van der Waals surface area contributed by atoms with Crippen LogP contribution in [0, 0.1) is 0 Å². The number of rotatable bonds is 5. The minimum atomic E-state index is -0.537. The van der Waals surface area contributed by atoms with Crippen LogP contribution in [0.25, 0.3) is 5.70 Å². The molecule has 1 aliphatic carbocycles. The van der Waals surface area contributed by atoms with Gasteiger partial charge in [-0.2, -0.15) is 0 Å². The van der Waals surface area contributed by atoms with Gasteiger partial charge in [0.25, 0.3) is 5.91 Å². The molecule has 2 N–H and O–H groups in total. The molecular weight excluding hydrogens is 306 g/mol. The molecule has 126 valence electrons. The number of amides is 3. The van der Waals surface area contributed by atoms with E-state index < -0.39 is 5.91 Å². The molecule has 24 heavy (non-hydrogen) atoms. The van der Waals surface area contributed by atoms with E-state index in [1.54, 1.807) is 12.1 Å². The largest absolute Gasteiger partial charge is 0.368 e. The molecule has 3 rings (SSSR count). The molecule has 1 heterocycles. The van der Waals surface area contributed by atoms with Crippen LogP contribution in [-0.2, 0) is 9.59 Å². The van der Waals surface area contributed by atoms with E-state index in [4.69, 9.17) is 5.73 Å². The number of hydrogen-bond acceptors (Lipinski definition) is 3. The number of nitrogens with zero attached hydrogens (tertiary/aromatic N) is 2. The van der Waals surface area contributed by atoms with Crippen LogP contribution in [0.4, 0.5) is 0 Å². The standard InChI is InChI=1S/C18H21N3O3/c1-12-14-8-4-5-9-15(14)18(24)20(12)11-17(23)21(10-16(19)22)13-6-2-3-7-13/h4-5,8-9,13H,1-3,6-7,10-11H2,(H2,19,22). The summed E-state index contributed by atoms with van der Waals surface area (Å²) in [6.45, 7) is 3.72. The van der Waals surface area contributed by atoms with Crippen molar-refractivity contribution in [1.29, 1.82) is 0 Å². The Bertz CT molecular complexity index is 672. The molecule has 1 aromatic carbocycles.